The molecular weight excluding hydrogens is 526 g/mol. The Balaban J connectivity index is 1.62. The van der Waals surface area contributed by atoms with E-state index in [0.29, 0.717) is 5.56 Å². The van der Waals surface area contributed by atoms with E-state index in [-0.39, 0.29) is 31.7 Å². The molecule has 2 aliphatic rings. The molecule has 2 aliphatic heterocycles. The molecule has 14 heteroatoms. The molecule has 2 fully saturated rings. The molecule has 2 atom stereocenters. The number of benzene rings is 2. The van der Waals surface area contributed by atoms with Gasteiger partial charge in [0.2, 0.25) is 11.8 Å². The second kappa shape index (κ2) is 10.9. The van der Waals surface area contributed by atoms with Crippen molar-refractivity contribution in [2.24, 2.45) is 0 Å². The number of carbonyl (C=O) groups is 4. The molecule has 0 spiro atoms. The lowest BCUT2D eigenvalue weighted by Crippen LogP contribution is -2.76. The molecule has 2 N–H and O–H groups in total. The zero-order valence-corrected chi connectivity index (χ0v) is 20.7. The fourth-order valence-corrected chi connectivity index (χ4v) is 4.74. The summed E-state index contributed by atoms with van der Waals surface area (Å²) in [6, 6.07) is 7.62. The van der Waals surface area contributed by atoms with Crippen LogP contribution < -0.4 is 5.32 Å². The number of carbonyl (C=O) groups excluding carboxylic acids is 3. The van der Waals surface area contributed by atoms with E-state index in [2.05, 4.69) is 5.32 Å². The largest absolute Gasteiger partial charge is 0.481 e. The number of alkyl halides is 3. The molecule has 4 rings (SSSR count). The third-order valence-electron chi connectivity index (χ3n) is 6.50. The van der Waals surface area contributed by atoms with Crippen LogP contribution in [-0.2, 0) is 33.6 Å². The zero-order chi connectivity index (χ0) is 28.5. The Kier molecular flexibility index (Phi) is 7.77. The average molecular weight is 551 g/mol. The molecule has 39 heavy (non-hydrogen) atoms. The second-order valence-corrected chi connectivity index (χ2v) is 9.26. The van der Waals surface area contributed by atoms with Gasteiger partial charge in [0.25, 0.3) is 0 Å². The molecule has 0 unspecified atom stereocenters. The minimum absolute atomic E-state index is 0.00948. The first kappa shape index (κ1) is 27.8. The number of urea groups is 1. The van der Waals surface area contributed by atoms with Gasteiger partial charge in [0, 0.05) is 20.1 Å². The number of hydrogen-bond donors (Lipinski definition) is 2. The summed E-state index contributed by atoms with van der Waals surface area (Å²) in [6.07, 6.45) is -6.49. The summed E-state index contributed by atoms with van der Waals surface area (Å²) in [5.41, 5.74) is -0.183. The van der Waals surface area contributed by atoms with Crippen molar-refractivity contribution in [1.82, 2.24) is 25.1 Å². The molecule has 0 radical (unpaired) electrons. The maximum atomic E-state index is 13.3. The van der Waals surface area contributed by atoms with E-state index in [4.69, 9.17) is 0 Å². The van der Waals surface area contributed by atoms with Crippen LogP contribution in [0.15, 0.2) is 48.5 Å². The Bertz CT molecular complexity index is 1270. The number of nitrogens with one attached hydrogen (secondary N) is 1. The van der Waals surface area contributed by atoms with Gasteiger partial charge < -0.3 is 20.2 Å². The number of carboxylic acids is 1. The van der Waals surface area contributed by atoms with Crippen LogP contribution in [0.3, 0.4) is 0 Å². The maximum Gasteiger partial charge on any atom is 0.416 e. The number of piperazine rings is 1. The SMILES string of the molecule is CN1CC(=O)N2[C@@H](CC(=O)O)C(=O)N(Cc3cccc(C(F)(F)F)c3)C[C@@H]2N1C(=O)NCc1ccc(F)cc1. The van der Waals surface area contributed by atoms with Crippen LogP contribution in [-0.4, -0.2) is 81.1 Å². The summed E-state index contributed by atoms with van der Waals surface area (Å²) in [7, 11) is 1.46. The van der Waals surface area contributed by atoms with Gasteiger partial charge in [-0.3, -0.25) is 14.4 Å². The number of likely N-dealkylation sites (N-methyl/N-ethyl adjacent to an activating group) is 1. The summed E-state index contributed by atoms with van der Waals surface area (Å²) in [6.45, 7) is -0.884. The number of hydrazine groups is 1. The van der Waals surface area contributed by atoms with E-state index in [1.54, 1.807) is 0 Å². The zero-order valence-electron chi connectivity index (χ0n) is 20.7. The number of rotatable bonds is 6. The van der Waals surface area contributed by atoms with Crippen LogP contribution in [0.4, 0.5) is 22.4 Å². The number of halogens is 4. The first-order chi connectivity index (χ1) is 18.3. The first-order valence-electron chi connectivity index (χ1n) is 11.9. The molecule has 0 aliphatic carbocycles. The van der Waals surface area contributed by atoms with E-state index in [0.717, 1.165) is 21.9 Å². The Hall–Kier alpha value is -4.20. The van der Waals surface area contributed by atoms with Crippen LogP contribution in [0, 0.1) is 5.82 Å². The monoisotopic (exact) mass is 551 g/mol. The van der Waals surface area contributed by atoms with Gasteiger partial charge in [-0.05, 0) is 35.4 Å². The summed E-state index contributed by atoms with van der Waals surface area (Å²) in [4.78, 5) is 53.4. The minimum atomic E-state index is -4.61. The number of amides is 4. The first-order valence-corrected chi connectivity index (χ1v) is 11.9. The van der Waals surface area contributed by atoms with Gasteiger partial charge in [-0.1, -0.05) is 24.3 Å². The Morgan fingerprint density at radius 3 is 2.41 bits per heavy atom. The Morgan fingerprint density at radius 2 is 1.77 bits per heavy atom. The van der Waals surface area contributed by atoms with Gasteiger partial charge >= 0.3 is 18.2 Å². The van der Waals surface area contributed by atoms with Gasteiger partial charge in [0.05, 0.1) is 25.1 Å². The van der Waals surface area contributed by atoms with Gasteiger partial charge in [-0.15, -0.1) is 0 Å². The van der Waals surface area contributed by atoms with Crippen LogP contribution >= 0.6 is 0 Å². The molecule has 0 aromatic heterocycles. The van der Waals surface area contributed by atoms with Crippen molar-refractivity contribution in [3.63, 3.8) is 0 Å². The predicted molar refractivity (Wildman–Crippen MR) is 127 cm³/mol. The third-order valence-corrected chi connectivity index (χ3v) is 6.50. The molecule has 4 amide bonds. The molecule has 2 aromatic rings. The summed E-state index contributed by atoms with van der Waals surface area (Å²) in [5, 5.41) is 14.6. The highest BCUT2D eigenvalue weighted by molar-refractivity contribution is 5.93. The minimum Gasteiger partial charge on any atom is -0.481 e. The molecule has 10 nitrogen and oxygen atoms in total. The summed E-state index contributed by atoms with van der Waals surface area (Å²) < 4.78 is 52.9. The van der Waals surface area contributed by atoms with Crippen molar-refractivity contribution in [2.75, 3.05) is 20.1 Å². The molecule has 0 saturated carbocycles. The normalized spacial score (nSPS) is 20.2. The molecule has 208 valence electrons. The van der Waals surface area contributed by atoms with E-state index in [1.807, 2.05) is 0 Å². The van der Waals surface area contributed by atoms with Gasteiger partial charge in [0.1, 0.15) is 18.0 Å². The van der Waals surface area contributed by atoms with Crippen molar-refractivity contribution >= 4 is 23.8 Å². The van der Waals surface area contributed by atoms with Crippen LogP contribution in [0.1, 0.15) is 23.1 Å². The topological polar surface area (TPSA) is 114 Å². The van der Waals surface area contributed by atoms with Crippen LogP contribution in [0.25, 0.3) is 0 Å². The van der Waals surface area contributed by atoms with Crippen molar-refractivity contribution < 1.29 is 41.8 Å². The standard InChI is InChI=1S/C25H25F4N5O5/c1-31-14-21(35)33-19(10-22(36)37)23(38)32(12-16-3-2-4-17(9-16)25(27,28)29)13-20(33)34(31)24(39)30-11-15-5-7-18(26)8-6-15/h2-9,19-20H,10-14H2,1H3,(H,30,39)(H,36,37)/t19-,20-/m0/s1. The molecular formula is C25H25F4N5O5. The number of aliphatic carboxylic acids is 1. The third kappa shape index (κ3) is 6.11. The highest BCUT2D eigenvalue weighted by atomic mass is 19.4. The fraction of sp³-hybridized carbons (Fsp3) is 0.360. The molecule has 2 aromatic carbocycles. The smallest absolute Gasteiger partial charge is 0.416 e. The van der Waals surface area contributed by atoms with Crippen molar-refractivity contribution in [3.05, 3.63) is 71.0 Å². The lowest BCUT2D eigenvalue weighted by atomic mass is 10.0. The van der Waals surface area contributed by atoms with Crippen molar-refractivity contribution in [1.29, 1.82) is 0 Å². The molecule has 0 bridgehead atoms. The number of nitrogens with zero attached hydrogens (tertiary/aromatic N) is 4. The highest BCUT2D eigenvalue weighted by Crippen LogP contribution is 2.31. The van der Waals surface area contributed by atoms with Crippen molar-refractivity contribution in [3.8, 4) is 0 Å². The lowest BCUT2D eigenvalue weighted by molar-refractivity contribution is -0.189. The molecule has 2 heterocycles. The Morgan fingerprint density at radius 1 is 1.08 bits per heavy atom. The number of carboxylic acid groups (broad SMARTS) is 1. The summed E-state index contributed by atoms with van der Waals surface area (Å²) >= 11 is 0. The quantitative estimate of drug-likeness (QED) is 0.533. The van der Waals surface area contributed by atoms with Gasteiger partial charge in [-0.25, -0.2) is 19.2 Å². The fourth-order valence-electron chi connectivity index (χ4n) is 4.74. The number of hydrogen-bond acceptors (Lipinski definition) is 5. The lowest BCUT2D eigenvalue weighted by Gasteiger charge is -2.54. The maximum absolute atomic E-state index is 13.3. The highest BCUT2D eigenvalue weighted by Gasteiger charge is 2.51. The average Bonchev–Trinajstić information content (AvgIpc) is 2.85. The van der Waals surface area contributed by atoms with Crippen LogP contribution in [0.5, 0.6) is 0 Å². The number of fused-ring (bicyclic) bond motifs is 1. The summed E-state index contributed by atoms with van der Waals surface area (Å²) in [5.74, 6) is -3.15. The van der Waals surface area contributed by atoms with E-state index < -0.39 is 60.0 Å². The second-order valence-electron chi connectivity index (χ2n) is 9.26. The van der Waals surface area contributed by atoms with E-state index in [9.17, 15) is 41.8 Å². The van der Waals surface area contributed by atoms with Crippen molar-refractivity contribution in [2.45, 2.75) is 37.9 Å². The Labute approximate surface area is 220 Å². The van der Waals surface area contributed by atoms with E-state index >= 15 is 0 Å². The van der Waals surface area contributed by atoms with Gasteiger partial charge in [-0.2, -0.15) is 13.2 Å². The molecule has 2 saturated heterocycles. The van der Waals surface area contributed by atoms with E-state index in [1.165, 1.54) is 53.5 Å². The van der Waals surface area contributed by atoms with Gasteiger partial charge in [0.15, 0.2) is 0 Å². The predicted octanol–water partition coefficient (Wildman–Crippen LogP) is 2.26. The van der Waals surface area contributed by atoms with Crippen LogP contribution in [0.2, 0.25) is 0 Å².